The molecule has 1 heterocycles. The van der Waals surface area contributed by atoms with Crippen molar-refractivity contribution in [3.63, 3.8) is 0 Å². The van der Waals surface area contributed by atoms with Crippen LogP contribution in [0, 0.1) is 0 Å². The third-order valence-corrected chi connectivity index (χ3v) is 2.79. The first-order valence-corrected chi connectivity index (χ1v) is 5.63. The first-order valence-electron chi connectivity index (χ1n) is 5.63. The van der Waals surface area contributed by atoms with Gasteiger partial charge in [0.25, 0.3) is 5.91 Å². The minimum atomic E-state index is -0.456. The molecule has 1 amide bonds. The molecule has 0 fully saturated rings. The number of phenols is 1. The molecule has 3 aromatic rings. The highest BCUT2D eigenvalue weighted by molar-refractivity contribution is 6.09. The van der Waals surface area contributed by atoms with E-state index in [-0.39, 0.29) is 17.3 Å². The number of nitrogens with zero attached hydrogens (tertiary/aromatic N) is 2. The van der Waals surface area contributed by atoms with Gasteiger partial charge in [-0.15, -0.1) is 5.10 Å². The second-order valence-corrected chi connectivity index (χ2v) is 3.96. The second kappa shape index (κ2) is 4.41. The standard InChI is InChI=1S/C13H10N4O2/c18-11-9-4-2-1-3-8(9)5-6-10(11)12(19)16-13-14-7-15-17-13/h1-7,18H,(H2,14,15,16,17,19). The van der Waals surface area contributed by atoms with Crippen LogP contribution in [-0.2, 0) is 0 Å². The molecule has 19 heavy (non-hydrogen) atoms. The number of benzene rings is 2. The lowest BCUT2D eigenvalue weighted by Gasteiger charge is -2.07. The molecule has 2 aromatic carbocycles. The van der Waals surface area contributed by atoms with Crippen LogP contribution in [-0.4, -0.2) is 26.2 Å². The van der Waals surface area contributed by atoms with Crippen molar-refractivity contribution in [2.45, 2.75) is 0 Å². The van der Waals surface area contributed by atoms with E-state index in [0.717, 1.165) is 5.39 Å². The molecule has 0 bridgehead atoms. The van der Waals surface area contributed by atoms with Crippen LogP contribution in [0.4, 0.5) is 5.95 Å². The lowest BCUT2D eigenvalue weighted by Crippen LogP contribution is -2.13. The van der Waals surface area contributed by atoms with Crippen LogP contribution < -0.4 is 5.32 Å². The van der Waals surface area contributed by atoms with E-state index in [2.05, 4.69) is 20.5 Å². The quantitative estimate of drug-likeness (QED) is 0.651. The van der Waals surface area contributed by atoms with E-state index in [1.54, 1.807) is 24.3 Å². The number of aromatic nitrogens is 3. The number of carbonyl (C=O) groups is 1. The molecule has 0 unspecified atom stereocenters. The van der Waals surface area contributed by atoms with Crippen LogP contribution in [0.1, 0.15) is 10.4 Å². The summed E-state index contributed by atoms with van der Waals surface area (Å²) in [6, 6.07) is 10.6. The number of carbonyl (C=O) groups excluding carboxylic acids is 1. The van der Waals surface area contributed by atoms with E-state index in [4.69, 9.17) is 0 Å². The molecule has 6 heteroatoms. The van der Waals surface area contributed by atoms with Gasteiger partial charge in [0.05, 0.1) is 5.56 Å². The Hall–Kier alpha value is -2.89. The molecule has 6 nitrogen and oxygen atoms in total. The Kier molecular flexibility index (Phi) is 2.60. The number of anilines is 1. The fourth-order valence-electron chi connectivity index (χ4n) is 1.88. The van der Waals surface area contributed by atoms with E-state index in [0.29, 0.717) is 5.39 Å². The normalized spacial score (nSPS) is 10.5. The van der Waals surface area contributed by atoms with Gasteiger partial charge in [0.1, 0.15) is 12.1 Å². The summed E-state index contributed by atoms with van der Waals surface area (Å²) >= 11 is 0. The molecule has 3 rings (SSSR count). The number of fused-ring (bicyclic) bond motifs is 1. The summed E-state index contributed by atoms with van der Waals surface area (Å²) in [5.74, 6) is -0.341. The van der Waals surface area contributed by atoms with Gasteiger partial charge in [0, 0.05) is 5.39 Å². The Morgan fingerprint density at radius 2 is 2.05 bits per heavy atom. The van der Waals surface area contributed by atoms with Gasteiger partial charge in [-0.25, -0.2) is 4.98 Å². The van der Waals surface area contributed by atoms with E-state index in [9.17, 15) is 9.90 Å². The van der Waals surface area contributed by atoms with Gasteiger partial charge in [-0.3, -0.25) is 15.2 Å². The van der Waals surface area contributed by atoms with Crippen LogP contribution in [0.15, 0.2) is 42.7 Å². The maximum atomic E-state index is 12.0. The first-order chi connectivity index (χ1) is 9.25. The Morgan fingerprint density at radius 1 is 1.21 bits per heavy atom. The maximum absolute atomic E-state index is 12.0. The van der Waals surface area contributed by atoms with Crippen molar-refractivity contribution in [1.82, 2.24) is 15.2 Å². The molecule has 0 aliphatic rings. The summed E-state index contributed by atoms with van der Waals surface area (Å²) in [5.41, 5.74) is 0.184. The van der Waals surface area contributed by atoms with Gasteiger partial charge >= 0.3 is 0 Å². The summed E-state index contributed by atoms with van der Waals surface area (Å²) < 4.78 is 0. The average Bonchev–Trinajstić information content (AvgIpc) is 2.92. The molecule has 1 aromatic heterocycles. The molecule has 0 saturated carbocycles. The number of H-pyrrole nitrogens is 1. The number of phenolic OH excluding ortho intramolecular Hbond substituents is 1. The number of aromatic amines is 1. The number of amides is 1. The molecule has 0 aliphatic carbocycles. The Bertz CT molecular complexity index is 737. The molecule has 0 aliphatic heterocycles. The van der Waals surface area contributed by atoms with E-state index in [1.165, 1.54) is 6.33 Å². The molecular formula is C13H10N4O2. The summed E-state index contributed by atoms with van der Waals surface area (Å²) in [6.07, 6.45) is 1.36. The van der Waals surface area contributed by atoms with Gasteiger partial charge in [-0.1, -0.05) is 30.3 Å². The summed E-state index contributed by atoms with van der Waals surface area (Å²) in [4.78, 5) is 15.8. The van der Waals surface area contributed by atoms with Gasteiger partial charge in [0.15, 0.2) is 0 Å². The molecule has 3 N–H and O–H groups in total. The Balaban J connectivity index is 2.01. The number of rotatable bonds is 2. The maximum Gasteiger partial charge on any atom is 0.261 e. The Labute approximate surface area is 108 Å². The molecule has 0 atom stereocenters. The molecule has 0 radical (unpaired) electrons. The van der Waals surface area contributed by atoms with Crippen molar-refractivity contribution in [2.75, 3.05) is 5.32 Å². The number of aromatic hydroxyl groups is 1. The van der Waals surface area contributed by atoms with Crippen molar-refractivity contribution < 1.29 is 9.90 Å². The SMILES string of the molecule is O=C(Nc1nc[nH]n1)c1ccc2ccccc2c1O. The van der Waals surface area contributed by atoms with E-state index < -0.39 is 5.91 Å². The zero-order valence-corrected chi connectivity index (χ0v) is 9.79. The van der Waals surface area contributed by atoms with Crippen LogP contribution in [0.5, 0.6) is 5.75 Å². The third-order valence-electron chi connectivity index (χ3n) is 2.79. The summed E-state index contributed by atoms with van der Waals surface area (Å²) in [7, 11) is 0. The lowest BCUT2D eigenvalue weighted by molar-refractivity contribution is 0.102. The molecule has 0 saturated heterocycles. The largest absolute Gasteiger partial charge is 0.506 e. The van der Waals surface area contributed by atoms with Crippen molar-refractivity contribution in [3.8, 4) is 5.75 Å². The average molecular weight is 254 g/mol. The van der Waals surface area contributed by atoms with Crippen LogP contribution >= 0.6 is 0 Å². The molecule has 0 spiro atoms. The Morgan fingerprint density at radius 3 is 2.84 bits per heavy atom. The lowest BCUT2D eigenvalue weighted by atomic mass is 10.0. The summed E-state index contributed by atoms with van der Waals surface area (Å²) in [6.45, 7) is 0. The second-order valence-electron chi connectivity index (χ2n) is 3.96. The van der Waals surface area contributed by atoms with Crippen molar-refractivity contribution >= 4 is 22.6 Å². The third kappa shape index (κ3) is 1.99. The van der Waals surface area contributed by atoms with E-state index in [1.807, 2.05) is 12.1 Å². The predicted molar refractivity (Wildman–Crippen MR) is 69.9 cm³/mol. The zero-order chi connectivity index (χ0) is 13.2. The minimum absolute atomic E-state index is 0.0499. The predicted octanol–water partition coefficient (Wildman–Crippen LogP) is 1.92. The highest BCUT2D eigenvalue weighted by Gasteiger charge is 2.14. The monoisotopic (exact) mass is 254 g/mol. The van der Waals surface area contributed by atoms with Crippen molar-refractivity contribution in [2.24, 2.45) is 0 Å². The van der Waals surface area contributed by atoms with Crippen molar-refractivity contribution in [3.05, 3.63) is 48.3 Å². The number of nitrogens with one attached hydrogen (secondary N) is 2. The molecular weight excluding hydrogens is 244 g/mol. The van der Waals surface area contributed by atoms with Crippen molar-refractivity contribution in [1.29, 1.82) is 0 Å². The molecule has 94 valence electrons. The van der Waals surface area contributed by atoms with Gasteiger partial charge in [-0.2, -0.15) is 0 Å². The smallest absolute Gasteiger partial charge is 0.261 e. The number of hydrogen-bond acceptors (Lipinski definition) is 4. The van der Waals surface area contributed by atoms with Crippen LogP contribution in [0.25, 0.3) is 10.8 Å². The first kappa shape index (κ1) is 11.2. The highest BCUT2D eigenvalue weighted by atomic mass is 16.3. The fraction of sp³-hybridized carbons (Fsp3) is 0. The fourth-order valence-corrected chi connectivity index (χ4v) is 1.88. The van der Waals surface area contributed by atoms with Gasteiger partial charge in [0.2, 0.25) is 5.95 Å². The minimum Gasteiger partial charge on any atom is -0.506 e. The number of hydrogen-bond donors (Lipinski definition) is 3. The van der Waals surface area contributed by atoms with Crippen LogP contribution in [0.2, 0.25) is 0 Å². The van der Waals surface area contributed by atoms with Gasteiger partial charge in [-0.05, 0) is 11.5 Å². The van der Waals surface area contributed by atoms with E-state index >= 15 is 0 Å². The highest BCUT2D eigenvalue weighted by Crippen LogP contribution is 2.28. The summed E-state index contributed by atoms with van der Waals surface area (Å²) in [5, 5.41) is 20.3. The zero-order valence-electron chi connectivity index (χ0n) is 9.79. The topological polar surface area (TPSA) is 90.9 Å². The van der Waals surface area contributed by atoms with Crippen LogP contribution in [0.3, 0.4) is 0 Å². The van der Waals surface area contributed by atoms with Gasteiger partial charge < -0.3 is 5.11 Å².